The molecule has 2 bridgehead atoms. The number of fused-ring (bicyclic) bond motifs is 2. The van der Waals surface area contributed by atoms with Gasteiger partial charge in [0.05, 0.1) is 0 Å². The minimum atomic E-state index is -0.0172. The van der Waals surface area contributed by atoms with Gasteiger partial charge in [-0.05, 0) is 68.3 Å². The molecule has 2 aliphatic rings. The lowest BCUT2D eigenvalue weighted by molar-refractivity contribution is 0.0522. The molecule has 3 heteroatoms. The van der Waals surface area contributed by atoms with Crippen LogP contribution in [0.25, 0.3) is 0 Å². The fraction of sp³-hybridized carbons (Fsp3) is 0.478. The summed E-state index contributed by atoms with van der Waals surface area (Å²) < 4.78 is 6.42. The van der Waals surface area contributed by atoms with E-state index in [9.17, 15) is 0 Å². The zero-order chi connectivity index (χ0) is 17.9. The van der Waals surface area contributed by atoms with Crippen LogP contribution in [0.3, 0.4) is 0 Å². The van der Waals surface area contributed by atoms with Crippen molar-refractivity contribution in [1.82, 2.24) is 4.90 Å². The standard InChI is InChI=1S/C23H28ClNO/c1-25-21-11-12-22(25)16-17(15-21)13-14-26-23(18-5-3-2-4-6-18)19-7-9-20(24)10-8-19/h2-10,17,21-23H,11-16H2,1H3. The zero-order valence-corrected chi connectivity index (χ0v) is 16.2. The van der Waals surface area contributed by atoms with Crippen LogP contribution >= 0.6 is 11.6 Å². The molecule has 2 heterocycles. The van der Waals surface area contributed by atoms with E-state index in [1.54, 1.807) is 0 Å². The second kappa shape index (κ2) is 8.12. The van der Waals surface area contributed by atoms with Gasteiger partial charge in [0.2, 0.25) is 0 Å². The Kier molecular flexibility index (Phi) is 5.63. The number of piperidine rings is 1. The number of nitrogens with zero attached hydrogens (tertiary/aromatic N) is 1. The third kappa shape index (κ3) is 3.98. The largest absolute Gasteiger partial charge is 0.369 e. The normalized spacial score (nSPS) is 26.8. The number of halogens is 1. The summed E-state index contributed by atoms with van der Waals surface area (Å²) in [5, 5.41) is 0.766. The van der Waals surface area contributed by atoms with Crippen LogP contribution in [0.4, 0.5) is 0 Å². The molecule has 2 nitrogen and oxygen atoms in total. The number of hydrogen-bond acceptors (Lipinski definition) is 2. The first-order chi connectivity index (χ1) is 12.7. The minimum absolute atomic E-state index is 0.0172. The Hall–Kier alpha value is -1.35. The predicted molar refractivity (Wildman–Crippen MR) is 108 cm³/mol. The van der Waals surface area contributed by atoms with Gasteiger partial charge in [-0.25, -0.2) is 0 Å². The average Bonchev–Trinajstić information content (AvgIpc) is 2.88. The van der Waals surface area contributed by atoms with Gasteiger partial charge < -0.3 is 9.64 Å². The fourth-order valence-corrected chi connectivity index (χ4v) is 4.89. The van der Waals surface area contributed by atoms with Crippen molar-refractivity contribution < 1.29 is 4.74 Å². The molecule has 2 aliphatic heterocycles. The lowest BCUT2D eigenvalue weighted by Gasteiger charge is -2.36. The van der Waals surface area contributed by atoms with Gasteiger partial charge in [-0.3, -0.25) is 0 Å². The van der Waals surface area contributed by atoms with Crippen molar-refractivity contribution in [2.75, 3.05) is 13.7 Å². The topological polar surface area (TPSA) is 12.5 Å². The molecule has 2 aromatic carbocycles. The molecule has 138 valence electrons. The fourth-order valence-electron chi connectivity index (χ4n) is 4.76. The maximum absolute atomic E-state index is 6.42. The first-order valence-electron chi connectivity index (χ1n) is 9.84. The second-order valence-electron chi connectivity index (χ2n) is 7.89. The molecular weight excluding hydrogens is 342 g/mol. The van der Waals surface area contributed by atoms with E-state index in [1.807, 2.05) is 12.1 Å². The summed E-state index contributed by atoms with van der Waals surface area (Å²) in [5.74, 6) is 0.811. The van der Waals surface area contributed by atoms with E-state index in [0.29, 0.717) is 0 Å². The van der Waals surface area contributed by atoms with E-state index in [-0.39, 0.29) is 6.10 Å². The highest BCUT2D eigenvalue weighted by Crippen LogP contribution is 2.39. The Morgan fingerprint density at radius 1 is 0.962 bits per heavy atom. The van der Waals surface area contributed by atoms with E-state index in [4.69, 9.17) is 16.3 Å². The number of benzene rings is 2. The smallest absolute Gasteiger partial charge is 0.108 e. The third-order valence-electron chi connectivity index (χ3n) is 6.28. The van der Waals surface area contributed by atoms with Crippen LogP contribution in [0, 0.1) is 5.92 Å². The summed E-state index contributed by atoms with van der Waals surface area (Å²) in [4.78, 5) is 2.61. The Labute approximate surface area is 162 Å². The molecular formula is C23H28ClNO. The quantitative estimate of drug-likeness (QED) is 0.646. The summed E-state index contributed by atoms with van der Waals surface area (Å²) in [6.07, 6.45) is 6.60. The molecule has 0 amide bonds. The highest BCUT2D eigenvalue weighted by atomic mass is 35.5. The van der Waals surface area contributed by atoms with Crippen molar-refractivity contribution in [2.24, 2.45) is 5.92 Å². The maximum Gasteiger partial charge on any atom is 0.108 e. The molecule has 0 saturated carbocycles. The van der Waals surface area contributed by atoms with E-state index >= 15 is 0 Å². The molecule has 0 aromatic heterocycles. The molecule has 3 atom stereocenters. The third-order valence-corrected chi connectivity index (χ3v) is 6.53. The predicted octanol–water partition coefficient (Wildman–Crippen LogP) is 5.71. The van der Waals surface area contributed by atoms with Crippen molar-refractivity contribution >= 4 is 11.6 Å². The molecule has 2 saturated heterocycles. The van der Waals surface area contributed by atoms with Crippen LogP contribution in [-0.2, 0) is 4.74 Å². The molecule has 2 fully saturated rings. The van der Waals surface area contributed by atoms with Crippen LogP contribution in [0.1, 0.15) is 49.3 Å². The van der Waals surface area contributed by atoms with Crippen molar-refractivity contribution in [1.29, 1.82) is 0 Å². The summed E-state index contributed by atoms with van der Waals surface area (Å²) >= 11 is 6.07. The van der Waals surface area contributed by atoms with Crippen molar-refractivity contribution in [3.05, 3.63) is 70.7 Å². The first kappa shape index (κ1) is 18.0. The average molecular weight is 370 g/mol. The summed E-state index contributed by atoms with van der Waals surface area (Å²) in [6.45, 7) is 0.815. The molecule has 0 aliphatic carbocycles. The molecule has 0 N–H and O–H groups in total. The number of rotatable bonds is 6. The summed E-state index contributed by atoms with van der Waals surface area (Å²) in [7, 11) is 2.31. The lowest BCUT2D eigenvalue weighted by Crippen LogP contribution is -2.40. The van der Waals surface area contributed by atoms with Crippen LogP contribution in [0.2, 0.25) is 5.02 Å². The van der Waals surface area contributed by atoms with Crippen molar-refractivity contribution in [3.8, 4) is 0 Å². The second-order valence-corrected chi connectivity index (χ2v) is 8.33. The Morgan fingerprint density at radius 3 is 2.23 bits per heavy atom. The van der Waals surface area contributed by atoms with E-state index in [1.165, 1.54) is 36.8 Å². The van der Waals surface area contributed by atoms with Crippen LogP contribution in [0.15, 0.2) is 54.6 Å². The Bertz CT molecular complexity index is 688. The molecule has 4 rings (SSSR count). The van der Waals surface area contributed by atoms with E-state index in [2.05, 4.69) is 54.4 Å². The monoisotopic (exact) mass is 369 g/mol. The molecule has 0 radical (unpaired) electrons. The van der Waals surface area contributed by atoms with Gasteiger partial charge in [-0.1, -0.05) is 54.1 Å². The van der Waals surface area contributed by atoms with Crippen molar-refractivity contribution in [3.63, 3.8) is 0 Å². The highest BCUT2D eigenvalue weighted by Gasteiger charge is 2.38. The number of ether oxygens (including phenoxy) is 1. The molecule has 0 spiro atoms. The van der Waals surface area contributed by atoms with Crippen LogP contribution in [-0.4, -0.2) is 30.6 Å². The van der Waals surface area contributed by atoms with Gasteiger partial charge in [0, 0.05) is 23.7 Å². The van der Waals surface area contributed by atoms with Gasteiger partial charge >= 0.3 is 0 Å². The molecule has 26 heavy (non-hydrogen) atoms. The van der Waals surface area contributed by atoms with Gasteiger partial charge in [0.1, 0.15) is 6.10 Å². The van der Waals surface area contributed by atoms with E-state index < -0.39 is 0 Å². The number of hydrogen-bond donors (Lipinski definition) is 0. The SMILES string of the molecule is CN1C2CCC1CC(CCOC(c1ccccc1)c1ccc(Cl)cc1)C2. The summed E-state index contributed by atoms with van der Waals surface area (Å²) in [6, 6.07) is 20.2. The van der Waals surface area contributed by atoms with Gasteiger partial charge in [-0.15, -0.1) is 0 Å². The lowest BCUT2D eigenvalue weighted by atomic mass is 9.89. The van der Waals surface area contributed by atoms with Crippen LogP contribution in [0.5, 0.6) is 0 Å². The molecule has 3 unspecified atom stereocenters. The van der Waals surface area contributed by atoms with E-state index in [0.717, 1.165) is 36.1 Å². The van der Waals surface area contributed by atoms with Gasteiger partial charge in [0.25, 0.3) is 0 Å². The van der Waals surface area contributed by atoms with Crippen LogP contribution < -0.4 is 0 Å². The first-order valence-corrected chi connectivity index (χ1v) is 10.2. The van der Waals surface area contributed by atoms with Crippen molar-refractivity contribution in [2.45, 2.75) is 50.3 Å². The Morgan fingerprint density at radius 2 is 1.58 bits per heavy atom. The summed E-state index contributed by atoms with van der Waals surface area (Å²) in [5.41, 5.74) is 2.38. The maximum atomic E-state index is 6.42. The van der Waals surface area contributed by atoms with Gasteiger partial charge in [-0.2, -0.15) is 0 Å². The minimum Gasteiger partial charge on any atom is -0.369 e. The van der Waals surface area contributed by atoms with Gasteiger partial charge in [0.15, 0.2) is 0 Å². The zero-order valence-electron chi connectivity index (χ0n) is 15.5. The molecule has 2 aromatic rings. The highest BCUT2D eigenvalue weighted by molar-refractivity contribution is 6.30. The Balaban J connectivity index is 1.40.